The molecular weight excluding hydrogens is 164 g/mol. The smallest absolute Gasteiger partial charge is 0.00169 e. The molecule has 0 rings (SSSR count). The van der Waals surface area contributed by atoms with E-state index in [0.717, 1.165) is 5.92 Å². The molecule has 0 heterocycles. The van der Waals surface area contributed by atoms with Crippen LogP contribution in [0.15, 0.2) is 12.2 Å². The highest BCUT2D eigenvalue weighted by Gasteiger charge is 2.03. The van der Waals surface area contributed by atoms with Gasteiger partial charge in [-0.1, -0.05) is 32.4 Å². The van der Waals surface area contributed by atoms with Gasteiger partial charge in [0.25, 0.3) is 0 Å². The van der Waals surface area contributed by atoms with Crippen molar-refractivity contribution >= 4 is 12.6 Å². The summed E-state index contributed by atoms with van der Waals surface area (Å²) in [7, 11) is 0. The van der Waals surface area contributed by atoms with Gasteiger partial charge >= 0.3 is 0 Å². The summed E-state index contributed by atoms with van der Waals surface area (Å²) in [5.74, 6) is 0.724. The zero-order valence-corrected chi connectivity index (χ0v) is 9.48. The molecule has 2 atom stereocenters. The maximum atomic E-state index is 4.53. The number of allylic oxidation sites excluding steroid dienone is 2. The van der Waals surface area contributed by atoms with E-state index in [1.807, 2.05) is 0 Å². The largest absolute Gasteiger partial charge is 0.176 e. The third-order valence-corrected chi connectivity index (χ3v) is 2.61. The average Bonchev–Trinajstić information content (AvgIpc) is 2.02. The van der Waals surface area contributed by atoms with E-state index in [-0.39, 0.29) is 0 Å². The molecule has 0 saturated heterocycles. The van der Waals surface area contributed by atoms with Crippen LogP contribution in [0.2, 0.25) is 0 Å². The summed E-state index contributed by atoms with van der Waals surface area (Å²) in [6.45, 7) is 6.58. The van der Waals surface area contributed by atoms with Crippen molar-refractivity contribution < 1.29 is 0 Å². The third kappa shape index (κ3) is 6.78. The first-order valence-corrected chi connectivity index (χ1v) is 5.53. The van der Waals surface area contributed by atoms with Crippen molar-refractivity contribution in [3.63, 3.8) is 0 Å². The minimum Gasteiger partial charge on any atom is -0.176 e. The number of rotatable bonds is 6. The molecule has 0 aromatic rings. The highest BCUT2D eigenvalue weighted by molar-refractivity contribution is 7.80. The fourth-order valence-electron chi connectivity index (χ4n) is 1.36. The van der Waals surface area contributed by atoms with E-state index in [4.69, 9.17) is 0 Å². The van der Waals surface area contributed by atoms with Gasteiger partial charge in [-0.3, -0.25) is 0 Å². The summed E-state index contributed by atoms with van der Waals surface area (Å²) in [4.78, 5) is 0. The van der Waals surface area contributed by atoms with Gasteiger partial charge in [0, 0.05) is 5.25 Å². The van der Waals surface area contributed by atoms with Crippen LogP contribution in [-0.4, -0.2) is 5.25 Å². The van der Waals surface area contributed by atoms with Crippen LogP contribution in [-0.2, 0) is 0 Å². The second-order valence-corrected chi connectivity index (χ2v) is 4.25. The van der Waals surface area contributed by atoms with Crippen molar-refractivity contribution in [2.75, 3.05) is 0 Å². The van der Waals surface area contributed by atoms with Gasteiger partial charge in [0.2, 0.25) is 0 Å². The SMILES string of the molecule is C/C=C\C(C)CCC(S)CCC. The van der Waals surface area contributed by atoms with Crippen LogP contribution >= 0.6 is 12.6 Å². The molecule has 1 heteroatoms. The number of hydrogen-bond donors (Lipinski definition) is 1. The summed E-state index contributed by atoms with van der Waals surface area (Å²) < 4.78 is 0. The fraction of sp³-hybridized carbons (Fsp3) is 0.818. The van der Waals surface area contributed by atoms with Gasteiger partial charge in [-0.2, -0.15) is 12.6 Å². The second-order valence-electron chi connectivity index (χ2n) is 3.52. The predicted molar refractivity (Wildman–Crippen MR) is 60.9 cm³/mol. The van der Waals surface area contributed by atoms with E-state index in [1.165, 1.54) is 25.7 Å². The molecule has 72 valence electrons. The van der Waals surface area contributed by atoms with Crippen molar-refractivity contribution in [3.8, 4) is 0 Å². The van der Waals surface area contributed by atoms with E-state index in [0.29, 0.717) is 5.25 Å². The van der Waals surface area contributed by atoms with Crippen molar-refractivity contribution in [2.45, 2.75) is 51.7 Å². The monoisotopic (exact) mass is 186 g/mol. The molecule has 0 aromatic heterocycles. The highest BCUT2D eigenvalue weighted by Crippen LogP contribution is 2.16. The van der Waals surface area contributed by atoms with Crippen LogP contribution in [0.5, 0.6) is 0 Å². The van der Waals surface area contributed by atoms with Gasteiger partial charge in [0.1, 0.15) is 0 Å². The molecule has 0 radical (unpaired) electrons. The topological polar surface area (TPSA) is 0 Å². The lowest BCUT2D eigenvalue weighted by Gasteiger charge is -2.11. The molecule has 0 nitrogen and oxygen atoms in total. The summed E-state index contributed by atoms with van der Waals surface area (Å²) >= 11 is 4.53. The Balaban J connectivity index is 3.39. The van der Waals surface area contributed by atoms with Gasteiger partial charge in [-0.25, -0.2) is 0 Å². The minimum atomic E-state index is 0.614. The van der Waals surface area contributed by atoms with E-state index in [2.05, 4.69) is 45.6 Å². The van der Waals surface area contributed by atoms with Crippen LogP contribution in [0, 0.1) is 5.92 Å². The Morgan fingerprint density at radius 2 is 1.92 bits per heavy atom. The molecule has 0 aliphatic heterocycles. The Hall–Kier alpha value is 0.0900. The van der Waals surface area contributed by atoms with Gasteiger partial charge in [0.05, 0.1) is 0 Å². The van der Waals surface area contributed by atoms with Crippen molar-refractivity contribution in [2.24, 2.45) is 5.92 Å². The summed E-state index contributed by atoms with van der Waals surface area (Å²) in [6, 6.07) is 0. The Bertz CT molecular complexity index is 118. The standard InChI is InChI=1S/C11H22S/c1-4-6-10(3)8-9-11(12)7-5-2/h4,6,10-12H,5,7-9H2,1-3H3/b6-4-. The molecule has 0 bridgehead atoms. The van der Waals surface area contributed by atoms with Crippen LogP contribution in [0.1, 0.15) is 46.5 Å². The molecule has 0 amide bonds. The Morgan fingerprint density at radius 3 is 2.42 bits per heavy atom. The fourth-order valence-corrected chi connectivity index (χ4v) is 1.76. The van der Waals surface area contributed by atoms with E-state index < -0.39 is 0 Å². The van der Waals surface area contributed by atoms with Crippen LogP contribution < -0.4 is 0 Å². The Labute approximate surface area is 82.9 Å². The lowest BCUT2D eigenvalue weighted by atomic mass is 10.0. The van der Waals surface area contributed by atoms with E-state index >= 15 is 0 Å². The molecule has 0 aliphatic rings. The third-order valence-electron chi connectivity index (χ3n) is 2.10. The minimum absolute atomic E-state index is 0.614. The second kappa shape index (κ2) is 7.72. The van der Waals surface area contributed by atoms with Crippen LogP contribution in [0.25, 0.3) is 0 Å². The Morgan fingerprint density at radius 1 is 1.25 bits per heavy atom. The summed E-state index contributed by atoms with van der Waals surface area (Å²) in [5.41, 5.74) is 0. The predicted octanol–water partition coefficient (Wildman–Crippen LogP) is 4.08. The zero-order chi connectivity index (χ0) is 9.40. The molecule has 0 aliphatic carbocycles. The van der Waals surface area contributed by atoms with Gasteiger partial charge in [-0.15, -0.1) is 0 Å². The summed E-state index contributed by atoms with van der Waals surface area (Å²) in [6.07, 6.45) is 9.45. The molecule has 2 unspecified atom stereocenters. The van der Waals surface area contributed by atoms with Gasteiger partial charge in [-0.05, 0) is 32.1 Å². The molecule has 12 heavy (non-hydrogen) atoms. The molecule has 0 saturated carbocycles. The quantitative estimate of drug-likeness (QED) is 0.469. The summed E-state index contributed by atoms with van der Waals surface area (Å²) in [5, 5.41) is 0.614. The molecule has 0 fully saturated rings. The first-order chi connectivity index (χ1) is 5.70. The first-order valence-electron chi connectivity index (χ1n) is 5.01. The molecule has 0 N–H and O–H groups in total. The molecular formula is C11H22S. The van der Waals surface area contributed by atoms with Crippen molar-refractivity contribution in [3.05, 3.63) is 12.2 Å². The maximum Gasteiger partial charge on any atom is 0.00169 e. The van der Waals surface area contributed by atoms with Gasteiger partial charge < -0.3 is 0 Å². The number of thiol groups is 1. The van der Waals surface area contributed by atoms with E-state index in [9.17, 15) is 0 Å². The first kappa shape index (κ1) is 12.1. The van der Waals surface area contributed by atoms with Crippen LogP contribution in [0.3, 0.4) is 0 Å². The van der Waals surface area contributed by atoms with E-state index in [1.54, 1.807) is 0 Å². The lowest BCUT2D eigenvalue weighted by Crippen LogP contribution is -2.00. The van der Waals surface area contributed by atoms with Gasteiger partial charge in [0.15, 0.2) is 0 Å². The zero-order valence-electron chi connectivity index (χ0n) is 8.59. The normalized spacial score (nSPS) is 16.7. The highest BCUT2D eigenvalue weighted by atomic mass is 32.1. The molecule has 0 aromatic carbocycles. The lowest BCUT2D eigenvalue weighted by molar-refractivity contribution is 0.572. The molecule has 0 spiro atoms. The van der Waals surface area contributed by atoms with Crippen LogP contribution in [0.4, 0.5) is 0 Å². The maximum absolute atomic E-state index is 4.53. The number of hydrogen-bond acceptors (Lipinski definition) is 1. The van der Waals surface area contributed by atoms with Crippen molar-refractivity contribution in [1.29, 1.82) is 0 Å². The van der Waals surface area contributed by atoms with Crippen molar-refractivity contribution in [1.82, 2.24) is 0 Å². The average molecular weight is 186 g/mol. The Kier molecular flexibility index (Phi) is 7.78.